The molecule has 9 aromatic carbocycles. The molecule has 0 saturated heterocycles. The van der Waals surface area contributed by atoms with Crippen LogP contribution in [0.3, 0.4) is 0 Å². The number of hydrogen-bond acceptors (Lipinski definition) is 0. The van der Waals surface area contributed by atoms with Gasteiger partial charge in [0.25, 0.3) is 0 Å². The van der Waals surface area contributed by atoms with Crippen molar-refractivity contribution in [2.24, 2.45) is 0 Å². The Bertz CT molecular complexity index is 3450. The van der Waals surface area contributed by atoms with Crippen molar-refractivity contribution in [3.05, 3.63) is 212 Å². The first-order valence-electron chi connectivity index (χ1n) is 19.6. The van der Waals surface area contributed by atoms with Crippen LogP contribution in [0.15, 0.2) is 212 Å². The summed E-state index contributed by atoms with van der Waals surface area (Å²) in [5.74, 6) is 0. The fourth-order valence-electron chi connectivity index (χ4n) is 9.27. The lowest BCUT2D eigenvalue weighted by Crippen LogP contribution is -1.95. The van der Waals surface area contributed by atoms with Crippen molar-refractivity contribution in [1.82, 2.24) is 13.7 Å². The van der Waals surface area contributed by atoms with Crippen molar-refractivity contribution < 1.29 is 0 Å². The molecule has 3 heteroatoms. The molecular formula is C54H35N3. The summed E-state index contributed by atoms with van der Waals surface area (Å²) < 4.78 is 7.17. The highest BCUT2D eigenvalue weighted by Crippen LogP contribution is 2.39. The molecule has 12 rings (SSSR count). The second-order valence-electron chi connectivity index (χ2n) is 15.0. The largest absolute Gasteiger partial charge is 0.309 e. The lowest BCUT2D eigenvalue weighted by Gasteiger charge is -2.12. The number of rotatable bonds is 5. The molecule has 0 aliphatic carbocycles. The maximum Gasteiger partial charge on any atom is 0.0541 e. The normalized spacial score (nSPS) is 11.9. The van der Waals surface area contributed by atoms with Crippen molar-refractivity contribution in [3.8, 4) is 39.3 Å². The van der Waals surface area contributed by atoms with Crippen molar-refractivity contribution >= 4 is 65.4 Å². The molecular weight excluding hydrogens is 691 g/mol. The minimum Gasteiger partial charge on any atom is -0.309 e. The molecule has 12 aromatic rings. The molecule has 266 valence electrons. The summed E-state index contributed by atoms with van der Waals surface area (Å²) in [6.45, 7) is 0. The van der Waals surface area contributed by atoms with Gasteiger partial charge >= 0.3 is 0 Å². The van der Waals surface area contributed by atoms with Crippen molar-refractivity contribution in [2.45, 2.75) is 0 Å². The first-order chi connectivity index (χ1) is 28.3. The molecule has 0 radical (unpaired) electrons. The van der Waals surface area contributed by atoms with Gasteiger partial charge in [0.2, 0.25) is 0 Å². The predicted octanol–water partition coefficient (Wildman–Crippen LogP) is 14.3. The van der Waals surface area contributed by atoms with Gasteiger partial charge < -0.3 is 13.7 Å². The third kappa shape index (κ3) is 4.86. The Labute approximate surface area is 329 Å². The van der Waals surface area contributed by atoms with Crippen LogP contribution in [0.4, 0.5) is 0 Å². The quantitative estimate of drug-likeness (QED) is 0.168. The Morgan fingerprint density at radius 2 is 0.544 bits per heavy atom. The fourth-order valence-corrected chi connectivity index (χ4v) is 9.27. The second kappa shape index (κ2) is 12.5. The smallest absolute Gasteiger partial charge is 0.0541 e. The third-order valence-corrected chi connectivity index (χ3v) is 11.8. The molecule has 0 aliphatic heterocycles. The molecule has 0 amide bonds. The van der Waals surface area contributed by atoms with Gasteiger partial charge in [0.05, 0.1) is 33.1 Å². The minimum absolute atomic E-state index is 1.14. The molecule has 0 unspecified atom stereocenters. The van der Waals surface area contributed by atoms with Crippen molar-refractivity contribution in [1.29, 1.82) is 0 Å². The minimum atomic E-state index is 1.14. The van der Waals surface area contributed by atoms with E-state index in [0.29, 0.717) is 0 Å². The van der Waals surface area contributed by atoms with E-state index < -0.39 is 0 Å². The molecule has 0 aliphatic rings. The first-order valence-corrected chi connectivity index (χ1v) is 19.6. The van der Waals surface area contributed by atoms with E-state index in [-0.39, 0.29) is 0 Å². The molecule has 0 spiro atoms. The summed E-state index contributed by atoms with van der Waals surface area (Å²) in [6, 6.07) is 77.4. The Morgan fingerprint density at radius 1 is 0.193 bits per heavy atom. The number of aromatic nitrogens is 3. The summed E-state index contributed by atoms with van der Waals surface area (Å²) in [5, 5.41) is 7.56. The summed E-state index contributed by atoms with van der Waals surface area (Å²) in [6.07, 6.45) is 0. The number of benzene rings is 9. The number of para-hydroxylation sites is 5. The SMILES string of the molecule is c1ccc(-n2c3ccccc3c3cc(-c4ccc5c(c4)c4ccccc4n5-c4ccc(-c5cccc(-n6c7ccccc7c7ccccc76)c5)cc4)ccc32)cc1. The van der Waals surface area contributed by atoms with Crippen LogP contribution in [0, 0.1) is 0 Å². The van der Waals surface area contributed by atoms with E-state index in [1.165, 1.54) is 93.4 Å². The monoisotopic (exact) mass is 725 g/mol. The van der Waals surface area contributed by atoms with Gasteiger partial charge in [-0.15, -0.1) is 0 Å². The Morgan fingerprint density at radius 3 is 1.05 bits per heavy atom. The number of fused-ring (bicyclic) bond motifs is 9. The average Bonchev–Trinajstić information content (AvgIpc) is 3.92. The Hall–Kier alpha value is -7.62. The van der Waals surface area contributed by atoms with Crippen LogP contribution in [0.5, 0.6) is 0 Å². The van der Waals surface area contributed by atoms with E-state index in [4.69, 9.17) is 0 Å². The van der Waals surface area contributed by atoms with Crippen LogP contribution in [-0.2, 0) is 0 Å². The lowest BCUT2D eigenvalue weighted by molar-refractivity contribution is 1.18. The first kappa shape index (κ1) is 31.7. The third-order valence-electron chi connectivity index (χ3n) is 11.8. The molecule has 0 bridgehead atoms. The molecule has 0 N–H and O–H groups in total. The van der Waals surface area contributed by atoms with E-state index in [9.17, 15) is 0 Å². The van der Waals surface area contributed by atoms with Crippen LogP contribution in [0.2, 0.25) is 0 Å². The van der Waals surface area contributed by atoms with Crippen LogP contribution in [-0.4, -0.2) is 13.7 Å². The maximum atomic E-state index is 2.41. The van der Waals surface area contributed by atoms with Gasteiger partial charge in [0, 0.05) is 49.4 Å². The van der Waals surface area contributed by atoms with Gasteiger partial charge in [-0.2, -0.15) is 0 Å². The molecule has 3 aromatic heterocycles. The standard InChI is InChI=1S/C54H35N3/c1-2-14-40(15-3-1)55-51-23-10-6-19-45(51)47-34-38(27-31-53(47)55)39-28-32-54-48(35-39)46-20-7-11-24-52(46)56(54)41-29-25-36(26-30-41)37-13-12-16-42(33-37)57-49-21-8-4-17-43(49)44-18-5-9-22-50(44)57/h1-35H. The van der Waals surface area contributed by atoms with E-state index in [2.05, 4.69) is 226 Å². The van der Waals surface area contributed by atoms with E-state index in [1.54, 1.807) is 0 Å². The van der Waals surface area contributed by atoms with Crippen LogP contribution in [0.1, 0.15) is 0 Å². The molecule has 0 saturated carbocycles. The molecule has 3 nitrogen and oxygen atoms in total. The van der Waals surface area contributed by atoms with Crippen molar-refractivity contribution in [2.75, 3.05) is 0 Å². The molecule has 3 heterocycles. The van der Waals surface area contributed by atoms with Crippen LogP contribution in [0.25, 0.3) is 105 Å². The van der Waals surface area contributed by atoms with Crippen molar-refractivity contribution in [3.63, 3.8) is 0 Å². The summed E-state index contributed by atoms with van der Waals surface area (Å²) in [4.78, 5) is 0. The van der Waals surface area contributed by atoms with Gasteiger partial charge in [-0.05, 0) is 107 Å². The van der Waals surface area contributed by atoms with Crippen LogP contribution >= 0.6 is 0 Å². The fraction of sp³-hybridized carbons (Fsp3) is 0. The van der Waals surface area contributed by atoms with Gasteiger partial charge in [-0.3, -0.25) is 0 Å². The maximum absolute atomic E-state index is 2.41. The Balaban J connectivity index is 0.942. The van der Waals surface area contributed by atoms with Gasteiger partial charge in [-0.1, -0.05) is 127 Å². The zero-order chi connectivity index (χ0) is 37.5. The zero-order valence-corrected chi connectivity index (χ0v) is 31.0. The highest BCUT2D eigenvalue weighted by atomic mass is 15.0. The predicted molar refractivity (Wildman–Crippen MR) is 240 cm³/mol. The molecule has 57 heavy (non-hydrogen) atoms. The lowest BCUT2D eigenvalue weighted by atomic mass is 10.0. The van der Waals surface area contributed by atoms with E-state index in [1.807, 2.05) is 0 Å². The summed E-state index contributed by atoms with van der Waals surface area (Å²) in [5.41, 5.74) is 15.6. The average molecular weight is 726 g/mol. The highest BCUT2D eigenvalue weighted by molar-refractivity contribution is 6.13. The second-order valence-corrected chi connectivity index (χ2v) is 15.0. The van der Waals surface area contributed by atoms with Gasteiger partial charge in [-0.25, -0.2) is 0 Å². The Kier molecular flexibility index (Phi) is 6.93. The van der Waals surface area contributed by atoms with E-state index in [0.717, 1.165) is 11.4 Å². The molecule has 0 atom stereocenters. The summed E-state index contributed by atoms with van der Waals surface area (Å²) in [7, 11) is 0. The topological polar surface area (TPSA) is 14.8 Å². The molecule has 0 fully saturated rings. The number of nitrogens with zero attached hydrogens (tertiary/aromatic N) is 3. The highest BCUT2D eigenvalue weighted by Gasteiger charge is 2.17. The van der Waals surface area contributed by atoms with Crippen LogP contribution < -0.4 is 0 Å². The zero-order valence-electron chi connectivity index (χ0n) is 31.0. The van der Waals surface area contributed by atoms with E-state index >= 15 is 0 Å². The number of hydrogen-bond donors (Lipinski definition) is 0. The van der Waals surface area contributed by atoms with Gasteiger partial charge in [0.15, 0.2) is 0 Å². The summed E-state index contributed by atoms with van der Waals surface area (Å²) >= 11 is 0. The van der Waals surface area contributed by atoms with Gasteiger partial charge in [0.1, 0.15) is 0 Å².